The lowest BCUT2D eigenvalue weighted by atomic mass is 9.82. The second kappa shape index (κ2) is 7.60. The molecule has 0 spiro atoms. The Bertz CT molecular complexity index is 899. The molecule has 2 aliphatic rings. The predicted octanol–water partition coefficient (Wildman–Crippen LogP) is 5.13. The van der Waals surface area contributed by atoms with Crippen LogP contribution in [0.3, 0.4) is 0 Å². The Morgan fingerprint density at radius 1 is 0.786 bits per heavy atom. The Morgan fingerprint density at radius 3 is 1.89 bits per heavy atom. The molecule has 1 N–H and O–H groups in total. The Kier molecular flexibility index (Phi) is 4.82. The normalized spacial score (nSPS) is 22.3. The molecule has 2 heteroatoms. The summed E-state index contributed by atoms with van der Waals surface area (Å²) in [7, 11) is 0. The summed E-state index contributed by atoms with van der Waals surface area (Å²) in [5.74, 6) is 2.14. The summed E-state index contributed by atoms with van der Waals surface area (Å²) in [5.41, 5.74) is 6.23. The third kappa shape index (κ3) is 3.31. The van der Waals surface area contributed by atoms with Crippen molar-refractivity contribution in [3.8, 4) is 0 Å². The van der Waals surface area contributed by atoms with Crippen LogP contribution >= 0.6 is 0 Å². The summed E-state index contributed by atoms with van der Waals surface area (Å²) < 4.78 is 6.05. The smallest absolute Gasteiger partial charge is 0.158 e. The van der Waals surface area contributed by atoms with Gasteiger partial charge in [-0.2, -0.15) is 0 Å². The highest BCUT2D eigenvalue weighted by Gasteiger charge is 2.37. The van der Waals surface area contributed by atoms with E-state index in [9.17, 15) is 0 Å². The molecule has 2 nitrogen and oxygen atoms in total. The number of hydrogen-bond donors (Lipinski definition) is 1. The number of fused-ring (bicyclic) bond motifs is 2. The zero-order valence-corrected chi connectivity index (χ0v) is 16.8. The van der Waals surface area contributed by atoms with Crippen LogP contribution in [0.4, 0.5) is 0 Å². The molecule has 1 unspecified atom stereocenters. The van der Waals surface area contributed by atoms with Crippen molar-refractivity contribution < 1.29 is 9.32 Å². The van der Waals surface area contributed by atoms with E-state index < -0.39 is 0 Å². The van der Waals surface area contributed by atoms with Crippen LogP contribution in [-0.4, -0.2) is 0 Å². The molecule has 3 atom stereocenters. The van der Waals surface area contributed by atoms with Crippen molar-refractivity contribution in [3.05, 3.63) is 94.4 Å². The summed E-state index contributed by atoms with van der Waals surface area (Å²) >= 11 is 0. The lowest BCUT2D eigenvalue weighted by Crippen LogP contribution is -3.11. The summed E-state index contributed by atoms with van der Waals surface area (Å²) in [5, 5.41) is 0. The van der Waals surface area contributed by atoms with E-state index in [-0.39, 0.29) is 0 Å². The molecule has 0 amide bonds. The van der Waals surface area contributed by atoms with Gasteiger partial charge in [-0.1, -0.05) is 48.5 Å². The monoisotopic (exact) mass is 372 g/mol. The van der Waals surface area contributed by atoms with E-state index in [1.165, 1.54) is 38.5 Å². The topological polar surface area (TPSA) is 17.6 Å². The first-order chi connectivity index (χ1) is 13.8. The second-order valence-corrected chi connectivity index (χ2v) is 8.55. The molecule has 2 aliphatic carbocycles. The number of furan rings is 1. The molecular weight excluding hydrogens is 342 g/mol. The van der Waals surface area contributed by atoms with Crippen LogP contribution in [0.15, 0.2) is 65.1 Å². The molecule has 3 aromatic rings. The number of nitrogens with one attached hydrogen (secondary N) is 1. The number of benzene rings is 2. The lowest BCUT2D eigenvalue weighted by Gasteiger charge is -2.40. The van der Waals surface area contributed by atoms with Crippen LogP contribution in [0.1, 0.15) is 71.5 Å². The van der Waals surface area contributed by atoms with E-state index in [0.29, 0.717) is 12.1 Å². The van der Waals surface area contributed by atoms with Gasteiger partial charge < -0.3 is 9.32 Å². The fourth-order valence-electron chi connectivity index (χ4n) is 5.55. The van der Waals surface area contributed by atoms with Gasteiger partial charge in [-0.15, -0.1) is 0 Å². The standard InChI is InChI=1S/C26H29NO/c1-19-16-17-22(28-19)18-27(25-14-6-10-20-8-2-4-12-23(20)25)26-15-7-11-21-9-3-5-13-24(21)26/h2-5,8-9,12-13,16-17,25-26H,6-7,10-11,14-15,18H2,1H3/p+1/t25-,26+. The van der Waals surface area contributed by atoms with Crippen molar-refractivity contribution in [3.63, 3.8) is 0 Å². The zero-order chi connectivity index (χ0) is 18.9. The van der Waals surface area contributed by atoms with Gasteiger partial charge in [-0.05, 0) is 55.9 Å². The highest BCUT2D eigenvalue weighted by atomic mass is 16.3. The van der Waals surface area contributed by atoms with Crippen molar-refractivity contribution in [2.75, 3.05) is 0 Å². The summed E-state index contributed by atoms with van der Waals surface area (Å²) in [6.45, 7) is 3.01. The first-order valence-electron chi connectivity index (χ1n) is 10.9. The van der Waals surface area contributed by atoms with E-state index in [2.05, 4.69) is 67.6 Å². The molecule has 1 aromatic heterocycles. The fraction of sp³-hybridized carbons (Fsp3) is 0.385. The summed E-state index contributed by atoms with van der Waals surface area (Å²) in [6.07, 6.45) is 7.56. The summed E-state index contributed by atoms with van der Waals surface area (Å²) in [6, 6.07) is 23.7. The van der Waals surface area contributed by atoms with E-state index in [1.54, 1.807) is 27.2 Å². The fourth-order valence-corrected chi connectivity index (χ4v) is 5.55. The van der Waals surface area contributed by atoms with E-state index in [0.717, 1.165) is 18.1 Å². The number of rotatable bonds is 4. The molecule has 1 heterocycles. The zero-order valence-electron chi connectivity index (χ0n) is 16.8. The molecule has 0 saturated carbocycles. The van der Waals surface area contributed by atoms with E-state index in [1.807, 2.05) is 0 Å². The Labute approximate surface area is 168 Å². The van der Waals surface area contributed by atoms with Crippen LogP contribution in [-0.2, 0) is 19.4 Å². The molecule has 144 valence electrons. The Balaban J connectivity index is 1.57. The maximum atomic E-state index is 6.05. The van der Waals surface area contributed by atoms with E-state index >= 15 is 0 Å². The number of hydrogen-bond acceptors (Lipinski definition) is 1. The van der Waals surface area contributed by atoms with Crippen LogP contribution in [0, 0.1) is 6.92 Å². The van der Waals surface area contributed by atoms with Crippen molar-refractivity contribution in [2.24, 2.45) is 0 Å². The van der Waals surface area contributed by atoms with Gasteiger partial charge in [0, 0.05) is 24.0 Å². The largest absolute Gasteiger partial charge is 0.460 e. The molecule has 2 aromatic carbocycles. The molecule has 28 heavy (non-hydrogen) atoms. The average Bonchev–Trinajstić information content (AvgIpc) is 3.16. The SMILES string of the molecule is Cc1ccc(C[NH+]([C@@H]2CCCc3ccccc32)[C@H]2CCCc3ccccc32)o1. The number of aryl methyl sites for hydroxylation is 3. The summed E-state index contributed by atoms with van der Waals surface area (Å²) in [4.78, 5) is 1.67. The molecule has 0 aliphatic heterocycles. The highest BCUT2D eigenvalue weighted by molar-refractivity contribution is 5.33. The van der Waals surface area contributed by atoms with Crippen molar-refractivity contribution in [1.29, 1.82) is 0 Å². The van der Waals surface area contributed by atoms with E-state index in [4.69, 9.17) is 4.42 Å². The van der Waals surface area contributed by atoms with Crippen LogP contribution in [0.5, 0.6) is 0 Å². The predicted molar refractivity (Wildman–Crippen MR) is 112 cm³/mol. The van der Waals surface area contributed by atoms with Crippen LogP contribution < -0.4 is 4.90 Å². The molecule has 0 bridgehead atoms. The third-order valence-corrected chi connectivity index (χ3v) is 6.81. The first kappa shape index (κ1) is 17.8. The van der Waals surface area contributed by atoms with Crippen LogP contribution in [0.25, 0.3) is 0 Å². The van der Waals surface area contributed by atoms with Gasteiger partial charge in [0.05, 0.1) is 0 Å². The van der Waals surface area contributed by atoms with Crippen molar-refractivity contribution in [1.82, 2.24) is 0 Å². The van der Waals surface area contributed by atoms with Gasteiger partial charge >= 0.3 is 0 Å². The van der Waals surface area contributed by atoms with Gasteiger partial charge in [0.25, 0.3) is 0 Å². The molecule has 0 saturated heterocycles. The average molecular weight is 373 g/mol. The Hall–Kier alpha value is -2.32. The molecule has 0 radical (unpaired) electrons. The van der Waals surface area contributed by atoms with Crippen LogP contribution in [0.2, 0.25) is 0 Å². The van der Waals surface area contributed by atoms with Gasteiger partial charge in [0.2, 0.25) is 0 Å². The second-order valence-electron chi connectivity index (χ2n) is 8.55. The third-order valence-electron chi connectivity index (χ3n) is 6.81. The maximum absolute atomic E-state index is 6.05. The number of quaternary nitrogens is 1. The van der Waals surface area contributed by atoms with Crippen molar-refractivity contribution >= 4 is 0 Å². The highest BCUT2D eigenvalue weighted by Crippen LogP contribution is 2.33. The van der Waals surface area contributed by atoms with Gasteiger partial charge in [-0.3, -0.25) is 0 Å². The quantitative estimate of drug-likeness (QED) is 0.672. The Morgan fingerprint density at radius 2 is 1.36 bits per heavy atom. The molecular formula is C26H30NO+. The lowest BCUT2D eigenvalue weighted by molar-refractivity contribution is -0.977. The first-order valence-corrected chi connectivity index (χ1v) is 10.9. The minimum atomic E-state index is 0.548. The van der Waals surface area contributed by atoms with Gasteiger partial charge in [-0.25, -0.2) is 0 Å². The van der Waals surface area contributed by atoms with Gasteiger partial charge in [0.15, 0.2) is 5.76 Å². The molecule has 0 fully saturated rings. The minimum absolute atomic E-state index is 0.548. The van der Waals surface area contributed by atoms with Crippen molar-refractivity contribution in [2.45, 2.75) is 64.1 Å². The maximum Gasteiger partial charge on any atom is 0.158 e. The van der Waals surface area contributed by atoms with Gasteiger partial charge in [0.1, 0.15) is 24.4 Å². The molecule has 5 rings (SSSR count). The minimum Gasteiger partial charge on any atom is -0.460 e.